The number of hydrogen-bond donors (Lipinski definition) is 1. The van der Waals surface area contributed by atoms with Crippen LogP contribution in [0.3, 0.4) is 0 Å². The predicted molar refractivity (Wildman–Crippen MR) is 61.0 cm³/mol. The monoisotopic (exact) mass is 224 g/mol. The Morgan fingerprint density at radius 2 is 2.25 bits per heavy atom. The molecule has 4 nitrogen and oxygen atoms in total. The summed E-state index contributed by atoms with van der Waals surface area (Å²) in [5.74, 6) is 1.51. The van der Waals surface area contributed by atoms with Gasteiger partial charge in [0.05, 0.1) is 5.69 Å². The van der Waals surface area contributed by atoms with Gasteiger partial charge >= 0.3 is 6.08 Å². The van der Waals surface area contributed by atoms with Crippen LogP contribution in [-0.2, 0) is 6.54 Å². The number of ether oxygens (including phenoxy) is 1. The van der Waals surface area contributed by atoms with Crippen LogP contribution in [0.4, 0.5) is 0 Å². The molecule has 1 heterocycles. The summed E-state index contributed by atoms with van der Waals surface area (Å²) in [6, 6.07) is 0. The number of oxazole rings is 1. The van der Waals surface area contributed by atoms with Crippen molar-refractivity contribution >= 4 is 0 Å². The molecule has 1 aromatic heterocycles. The van der Waals surface area contributed by atoms with E-state index in [1.54, 1.807) is 6.26 Å². The number of aromatic nitrogens is 1. The third-order valence-electron chi connectivity index (χ3n) is 3.56. The molecule has 1 aromatic rings. The zero-order valence-corrected chi connectivity index (χ0v) is 9.98. The van der Waals surface area contributed by atoms with Crippen molar-refractivity contribution in [2.24, 2.45) is 17.6 Å². The Morgan fingerprint density at radius 3 is 2.88 bits per heavy atom. The van der Waals surface area contributed by atoms with E-state index in [1.807, 2.05) is 0 Å². The molecule has 1 fully saturated rings. The van der Waals surface area contributed by atoms with Crippen LogP contribution >= 0.6 is 0 Å². The largest absolute Gasteiger partial charge is 0.447 e. The Labute approximate surface area is 96.2 Å². The quantitative estimate of drug-likeness (QED) is 0.856. The zero-order chi connectivity index (χ0) is 11.5. The highest BCUT2D eigenvalue weighted by Crippen LogP contribution is 2.31. The summed E-state index contributed by atoms with van der Waals surface area (Å²) >= 11 is 0. The van der Waals surface area contributed by atoms with Gasteiger partial charge in [0.25, 0.3) is 0 Å². The fourth-order valence-electron chi connectivity index (χ4n) is 2.18. The van der Waals surface area contributed by atoms with Gasteiger partial charge in [-0.05, 0) is 31.1 Å². The Hall–Kier alpha value is -1.03. The van der Waals surface area contributed by atoms with Crippen molar-refractivity contribution in [3.8, 4) is 6.08 Å². The molecule has 2 N–H and O–H groups in total. The van der Waals surface area contributed by atoms with Crippen molar-refractivity contribution in [3.63, 3.8) is 0 Å². The molecule has 1 aliphatic carbocycles. The first kappa shape index (κ1) is 11.5. The minimum atomic E-state index is 0.246. The summed E-state index contributed by atoms with van der Waals surface area (Å²) in [4.78, 5) is 4.15. The third kappa shape index (κ3) is 2.55. The maximum absolute atomic E-state index is 5.72. The SMILES string of the molecule is CC1CCC(Oc2nc(CN)co2)CC1C. The molecule has 16 heavy (non-hydrogen) atoms. The van der Waals surface area contributed by atoms with E-state index in [-0.39, 0.29) is 6.10 Å². The van der Waals surface area contributed by atoms with Crippen molar-refractivity contribution in [1.82, 2.24) is 4.98 Å². The van der Waals surface area contributed by atoms with Gasteiger partial charge in [-0.1, -0.05) is 13.8 Å². The van der Waals surface area contributed by atoms with Gasteiger partial charge < -0.3 is 14.9 Å². The minimum Gasteiger partial charge on any atom is -0.447 e. The lowest BCUT2D eigenvalue weighted by Gasteiger charge is -2.31. The lowest BCUT2D eigenvalue weighted by atomic mass is 9.80. The molecule has 0 radical (unpaired) electrons. The van der Waals surface area contributed by atoms with Crippen molar-refractivity contribution in [2.45, 2.75) is 45.8 Å². The van der Waals surface area contributed by atoms with Crippen LogP contribution in [0.5, 0.6) is 6.08 Å². The summed E-state index contributed by atoms with van der Waals surface area (Å²) in [7, 11) is 0. The van der Waals surface area contributed by atoms with Gasteiger partial charge in [-0.25, -0.2) is 0 Å². The summed E-state index contributed by atoms with van der Waals surface area (Å²) in [6.45, 7) is 4.98. The molecular weight excluding hydrogens is 204 g/mol. The van der Waals surface area contributed by atoms with Gasteiger partial charge in [0, 0.05) is 6.54 Å². The molecule has 1 aliphatic rings. The van der Waals surface area contributed by atoms with Gasteiger partial charge in [-0.15, -0.1) is 0 Å². The zero-order valence-electron chi connectivity index (χ0n) is 9.98. The Kier molecular flexibility index (Phi) is 3.49. The van der Waals surface area contributed by atoms with Gasteiger partial charge in [-0.3, -0.25) is 0 Å². The number of nitrogens with zero attached hydrogens (tertiary/aromatic N) is 1. The number of hydrogen-bond acceptors (Lipinski definition) is 4. The van der Waals surface area contributed by atoms with Crippen LogP contribution in [0, 0.1) is 11.8 Å². The summed E-state index contributed by atoms with van der Waals surface area (Å²) in [6.07, 6.45) is 5.57. The second-order valence-electron chi connectivity index (χ2n) is 4.82. The van der Waals surface area contributed by atoms with Crippen molar-refractivity contribution < 1.29 is 9.15 Å². The van der Waals surface area contributed by atoms with E-state index >= 15 is 0 Å². The first-order chi connectivity index (χ1) is 7.69. The van der Waals surface area contributed by atoms with E-state index < -0.39 is 0 Å². The van der Waals surface area contributed by atoms with Crippen molar-refractivity contribution in [3.05, 3.63) is 12.0 Å². The standard InChI is InChI=1S/C12H20N2O2/c1-8-3-4-11(5-9(8)2)16-12-14-10(6-13)7-15-12/h7-9,11H,3-6,13H2,1-2H3. The molecule has 0 amide bonds. The lowest BCUT2D eigenvalue weighted by molar-refractivity contribution is 0.0729. The molecular formula is C12H20N2O2. The van der Waals surface area contributed by atoms with E-state index in [1.165, 1.54) is 6.42 Å². The highest BCUT2D eigenvalue weighted by atomic mass is 16.6. The Morgan fingerprint density at radius 1 is 1.44 bits per heavy atom. The Balaban J connectivity index is 1.90. The summed E-state index contributed by atoms with van der Waals surface area (Å²) < 4.78 is 10.9. The molecule has 2 rings (SSSR count). The molecule has 0 spiro atoms. The van der Waals surface area contributed by atoms with Gasteiger partial charge in [0.15, 0.2) is 0 Å². The van der Waals surface area contributed by atoms with E-state index in [0.29, 0.717) is 18.5 Å². The average Bonchev–Trinajstić information content (AvgIpc) is 2.71. The fraction of sp³-hybridized carbons (Fsp3) is 0.750. The topological polar surface area (TPSA) is 61.3 Å². The fourth-order valence-corrected chi connectivity index (χ4v) is 2.18. The second kappa shape index (κ2) is 4.87. The van der Waals surface area contributed by atoms with Gasteiger partial charge in [-0.2, -0.15) is 4.98 Å². The van der Waals surface area contributed by atoms with Crippen LogP contribution in [0.15, 0.2) is 10.7 Å². The maximum atomic E-state index is 5.72. The van der Waals surface area contributed by atoms with Crippen LogP contribution in [0.25, 0.3) is 0 Å². The predicted octanol–water partition coefficient (Wildman–Crippen LogP) is 2.34. The van der Waals surface area contributed by atoms with E-state index in [2.05, 4.69) is 18.8 Å². The lowest BCUT2D eigenvalue weighted by Crippen LogP contribution is -2.28. The third-order valence-corrected chi connectivity index (χ3v) is 3.56. The first-order valence-electron chi connectivity index (χ1n) is 6.00. The molecule has 0 bridgehead atoms. The molecule has 4 heteroatoms. The molecule has 90 valence electrons. The Bertz CT molecular complexity index is 338. The van der Waals surface area contributed by atoms with Gasteiger partial charge in [0.1, 0.15) is 12.4 Å². The van der Waals surface area contributed by atoms with Crippen LogP contribution in [0.1, 0.15) is 38.8 Å². The molecule has 0 aliphatic heterocycles. The van der Waals surface area contributed by atoms with Crippen molar-refractivity contribution in [1.29, 1.82) is 0 Å². The first-order valence-corrected chi connectivity index (χ1v) is 6.00. The number of rotatable bonds is 3. The van der Waals surface area contributed by atoms with Crippen molar-refractivity contribution in [2.75, 3.05) is 0 Å². The highest BCUT2D eigenvalue weighted by molar-refractivity contribution is 4.99. The van der Waals surface area contributed by atoms with Crippen LogP contribution < -0.4 is 10.5 Å². The van der Waals surface area contributed by atoms with Crippen LogP contribution in [-0.4, -0.2) is 11.1 Å². The smallest absolute Gasteiger partial charge is 0.394 e. The summed E-state index contributed by atoms with van der Waals surface area (Å²) in [5.41, 5.74) is 6.20. The molecule has 3 atom stereocenters. The van der Waals surface area contributed by atoms with Gasteiger partial charge in [0.2, 0.25) is 0 Å². The number of nitrogens with two attached hydrogens (primary N) is 1. The maximum Gasteiger partial charge on any atom is 0.394 e. The molecule has 0 aromatic carbocycles. The van der Waals surface area contributed by atoms with Crippen LogP contribution in [0.2, 0.25) is 0 Å². The normalized spacial score (nSPS) is 30.3. The molecule has 1 saturated carbocycles. The second-order valence-corrected chi connectivity index (χ2v) is 4.82. The summed E-state index contributed by atoms with van der Waals surface area (Å²) in [5, 5.41) is 0. The minimum absolute atomic E-state index is 0.246. The molecule has 3 unspecified atom stereocenters. The highest BCUT2D eigenvalue weighted by Gasteiger charge is 2.26. The van der Waals surface area contributed by atoms with E-state index in [4.69, 9.17) is 14.9 Å². The van der Waals surface area contributed by atoms with E-state index in [9.17, 15) is 0 Å². The van der Waals surface area contributed by atoms with E-state index in [0.717, 1.165) is 24.5 Å². The molecule has 0 saturated heterocycles. The average molecular weight is 224 g/mol.